The summed E-state index contributed by atoms with van der Waals surface area (Å²) in [5, 5.41) is 29.8. The van der Waals surface area contributed by atoms with Gasteiger partial charge in [0.25, 0.3) is 0 Å². The third-order valence-corrected chi connectivity index (χ3v) is 5.47. The second kappa shape index (κ2) is 4.55. The molecule has 2 aromatic rings. The third kappa shape index (κ3) is 1.83. The number of ether oxygens (including phenoxy) is 1. The van der Waals surface area contributed by atoms with Crippen molar-refractivity contribution in [1.29, 1.82) is 0 Å². The van der Waals surface area contributed by atoms with Gasteiger partial charge < -0.3 is 20.1 Å². The van der Waals surface area contributed by atoms with Crippen LogP contribution in [0.4, 0.5) is 5.69 Å². The molecule has 2 atom stereocenters. The van der Waals surface area contributed by atoms with Crippen molar-refractivity contribution in [2.24, 2.45) is 0 Å². The minimum Gasteiger partial charge on any atom is -0.504 e. The Bertz CT molecular complexity index is 817. The van der Waals surface area contributed by atoms with E-state index in [2.05, 4.69) is 7.05 Å². The Morgan fingerprint density at radius 1 is 1.00 bits per heavy atom. The van der Waals surface area contributed by atoms with Crippen molar-refractivity contribution in [3.8, 4) is 23.0 Å². The highest BCUT2D eigenvalue weighted by molar-refractivity contribution is 5.65. The normalized spacial score (nSPS) is 24.7. The second-order valence-corrected chi connectivity index (χ2v) is 6.65. The van der Waals surface area contributed by atoms with Crippen LogP contribution in [0.3, 0.4) is 0 Å². The van der Waals surface area contributed by atoms with Crippen molar-refractivity contribution in [2.75, 3.05) is 20.7 Å². The van der Waals surface area contributed by atoms with Gasteiger partial charge >= 0.3 is 0 Å². The summed E-state index contributed by atoms with van der Waals surface area (Å²) in [6, 6.07) is 7.24. The molecule has 0 amide bonds. The molecule has 5 nitrogen and oxygen atoms in total. The molecule has 0 saturated carbocycles. The number of benzene rings is 2. The van der Waals surface area contributed by atoms with Crippen molar-refractivity contribution in [3.05, 3.63) is 41.0 Å². The van der Waals surface area contributed by atoms with E-state index in [1.165, 1.54) is 5.56 Å². The standard InChI is InChI=1S/C18H19NO4/c1-19-4-3-10-7-18(23-2)17(22)8-12(10)14(19)5-11-6-15(20)16(21)9-13(11)19/h6-9,14H,3-5H2,1-2H3,(H2-,20,21,22)/p+1. The monoisotopic (exact) mass is 314 g/mol. The van der Waals surface area contributed by atoms with Crippen molar-refractivity contribution in [1.82, 2.24) is 4.48 Å². The third-order valence-electron chi connectivity index (χ3n) is 5.47. The number of hydrogen-bond donors (Lipinski definition) is 3. The van der Waals surface area contributed by atoms with Crippen molar-refractivity contribution in [2.45, 2.75) is 18.9 Å². The molecule has 2 heterocycles. The molecule has 0 bridgehead atoms. The molecule has 0 spiro atoms. The fraction of sp³-hybridized carbons (Fsp3) is 0.333. The molecule has 120 valence electrons. The van der Waals surface area contributed by atoms with Crippen LogP contribution >= 0.6 is 0 Å². The number of fused-ring (bicyclic) bond motifs is 5. The first-order valence-electron chi connectivity index (χ1n) is 7.74. The van der Waals surface area contributed by atoms with Crippen molar-refractivity contribution >= 4 is 5.69 Å². The van der Waals surface area contributed by atoms with Gasteiger partial charge in [0.15, 0.2) is 23.0 Å². The Hall–Kier alpha value is -2.40. The number of rotatable bonds is 1. The Labute approximate surface area is 134 Å². The maximum Gasteiger partial charge on any atom is 0.163 e. The number of likely N-dealkylation sites (N-methyl/N-ethyl adjacent to an activating group) is 1. The van der Waals surface area contributed by atoms with E-state index in [-0.39, 0.29) is 23.3 Å². The summed E-state index contributed by atoms with van der Waals surface area (Å²) in [5.41, 5.74) is 4.41. The quantitative estimate of drug-likeness (QED) is 0.559. The molecule has 2 unspecified atom stereocenters. The van der Waals surface area contributed by atoms with E-state index in [9.17, 15) is 15.3 Å². The summed E-state index contributed by atoms with van der Waals surface area (Å²) in [7, 11) is 3.71. The van der Waals surface area contributed by atoms with E-state index in [1.54, 1.807) is 25.3 Å². The number of hydrogen-bond acceptors (Lipinski definition) is 4. The number of phenols is 3. The van der Waals surface area contributed by atoms with Gasteiger partial charge in [0, 0.05) is 30.0 Å². The SMILES string of the molecule is COc1cc2c(cc1O)C1Cc3cc(O)c(O)cc3[N+]1(C)CC2. The van der Waals surface area contributed by atoms with Gasteiger partial charge in [-0.2, -0.15) is 0 Å². The van der Waals surface area contributed by atoms with Gasteiger partial charge in [0.1, 0.15) is 11.7 Å². The second-order valence-electron chi connectivity index (χ2n) is 6.65. The lowest BCUT2D eigenvalue weighted by Gasteiger charge is -2.41. The smallest absolute Gasteiger partial charge is 0.163 e. The molecule has 0 radical (unpaired) electrons. The fourth-order valence-electron chi connectivity index (χ4n) is 4.19. The molecule has 0 fully saturated rings. The first-order valence-corrected chi connectivity index (χ1v) is 7.74. The highest BCUT2D eigenvalue weighted by atomic mass is 16.5. The zero-order valence-electron chi connectivity index (χ0n) is 13.2. The Kier molecular flexibility index (Phi) is 2.81. The van der Waals surface area contributed by atoms with Crippen LogP contribution in [0, 0.1) is 0 Å². The molecule has 3 N–H and O–H groups in total. The van der Waals surface area contributed by atoms with Crippen LogP contribution in [-0.4, -0.2) is 36.0 Å². The summed E-state index contributed by atoms with van der Waals surface area (Å²) in [6.45, 7) is 0.906. The molecule has 23 heavy (non-hydrogen) atoms. The minimum absolute atomic E-state index is 0.0759. The largest absolute Gasteiger partial charge is 0.504 e. The average molecular weight is 314 g/mol. The minimum atomic E-state index is -0.0767. The van der Waals surface area contributed by atoms with Crippen LogP contribution < -0.4 is 9.22 Å². The Balaban J connectivity index is 1.87. The number of nitrogens with zero attached hydrogens (tertiary/aromatic N) is 1. The van der Waals surface area contributed by atoms with Crippen molar-refractivity contribution in [3.63, 3.8) is 0 Å². The Morgan fingerprint density at radius 3 is 2.48 bits per heavy atom. The molecule has 2 aromatic carbocycles. The van der Waals surface area contributed by atoms with Crippen LogP contribution in [0.25, 0.3) is 0 Å². The van der Waals surface area contributed by atoms with Crippen molar-refractivity contribution < 1.29 is 20.1 Å². The number of quaternary nitrogens is 1. The highest BCUT2D eigenvalue weighted by Gasteiger charge is 2.48. The molecule has 5 heteroatoms. The van der Waals surface area contributed by atoms with Crippen LogP contribution in [0.1, 0.15) is 22.7 Å². The number of methoxy groups -OCH3 is 1. The molecule has 2 aliphatic heterocycles. The first kappa shape index (κ1) is 14.2. The van der Waals surface area contributed by atoms with Gasteiger partial charge in [-0.15, -0.1) is 0 Å². The van der Waals surface area contributed by atoms with E-state index in [4.69, 9.17) is 4.74 Å². The highest BCUT2D eigenvalue weighted by Crippen LogP contribution is 2.52. The van der Waals surface area contributed by atoms with Crippen LogP contribution in [0.5, 0.6) is 23.0 Å². The lowest BCUT2D eigenvalue weighted by Crippen LogP contribution is -2.50. The maximum absolute atomic E-state index is 10.2. The molecule has 0 aliphatic carbocycles. The number of aromatic hydroxyl groups is 3. The summed E-state index contributed by atoms with van der Waals surface area (Å²) < 4.78 is 5.90. The van der Waals surface area contributed by atoms with Gasteiger partial charge in [-0.3, -0.25) is 4.48 Å². The number of phenolic OH excluding ortho intramolecular Hbond substituents is 3. The van der Waals surface area contributed by atoms with Gasteiger partial charge in [-0.25, -0.2) is 0 Å². The van der Waals surface area contributed by atoms with Gasteiger partial charge in [-0.1, -0.05) is 0 Å². The molecule has 0 saturated heterocycles. The van der Waals surface area contributed by atoms with Crippen LogP contribution in [-0.2, 0) is 12.8 Å². The predicted octanol–water partition coefficient (Wildman–Crippen LogP) is 2.60. The summed E-state index contributed by atoms with van der Waals surface area (Å²) >= 11 is 0. The molecule has 2 aliphatic rings. The zero-order valence-corrected chi connectivity index (χ0v) is 13.2. The first-order chi connectivity index (χ1) is 10.9. The molecule has 0 aromatic heterocycles. The summed E-state index contributed by atoms with van der Waals surface area (Å²) in [5.74, 6) is 0.507. The predicted molar refractivity (Wildman–Crippen MR) is 87.2 cm³/mol. The average Bonchev–Trinajstić information content (AvgIpc) is 2.80. The maximum atomic E-state index is 10.2. The lowest BCUT2D eigenvalue weighted by atomic mass is 9.90. The Morgan fingerprint density at radius 2 is 1.74 bits per heavy atom. The molecule has 4 rings (SSSR count). The zero-order chi connectivity index (χ0) is 16.4. The lowest BCUT2D eigenvalue weighted by molar-refractivity contribution is 0.251. The van der Waals surface area contributed by atoms with E-state index >= 15 is 0 Å². The summed E-state index contributed by atoms with van der Waals surface area (Å²) in [4.78, 5) is 0. The van der Waals surface area contributed by atoms with Crippen LogP contribution in [0.15, 0.2) is 24.3 Å². The van der Waals surface area contributed by atoms with E-state index in [0.717, 1.165) is 36.2 Å². The van der Waals surface area contributed by atoms with E-state index in [0.29, 0.717) is 10.2 Å². The summed E-state index contributed by atoms with van der Waals surface area (Å²) in [6.07, 6.45) is 1.65. The molecular formula is C18H20NO4+. The van der Waals surface area contributed by atoms with Gasteiger partial charge in [0.2, 0.25) is 0 Å². The van der Waals surface area contributed by atoms with Gasteiger partial charge in [-0.05, 0) is 23.8 Å². The van der Waals surface area contributed by atoms with Gasteiger partial charge in [0.05, 0.1) is 20.7 Å². The topological polar surface area (TPSA) is 69.9 Å². The van der Waals surface area contributed by atoms with E-state index < -0.39 is 0 Å². The fourth-order valence-corrected chi connectivity index (χ4v) is 4.19. The molecular weight excluding hydrogens is 294 g/mol. The van der Waals surface area contributed by atoms with E-state index in [1.807, 2.05) is 6.07 Å². The van der Waals surface area contributed by atoms with Crippen LogP contribution in [0.2, 0.25) is 0 Å².